The predicted octanol–water partition coefficient (Wildman–Crippen LogP) is 2.69. The van der Waals surface area contributed by atoms with Gasteiger partial charge in [0.1, 0.15) is 0 Å². The summed E-state index contributed by atoms with van der Waals surface area (Å²) in [6, 6.07) is 2.74. The summed E-state index contributed by atoms with van der Waals surface area (Å²) in [4.78, 5) is 10.3. The van der Waals surface area contributed by atoms with E-state index in [0.717, 1.165) is 0 Å². The van der Waals surface area contributed by atoms with Crippen LogP contribution in [0.5, 0.6) is 5.75 Å². The van der Waals surface area contributed by atoms with Gasteiger partial charge in [0.05, 0.1) is 22.1 Å². The molecule has 1 saturated heterocycles. The van der Waals surface area contributed by atoms with Gasteiger partial charge in [-0.3, -0.25) is 10.1 Å². The molecule has 2 rings (SSSR count). The number of benzene rings is 1. The summed E-state index contributed by atoms with van der Waals surface area (Å²) >= 11 is 3.18. The molecule has 1 aromatic carbocycles. The second kappa shape index (κ2) is 5.49. The number of phenols is 1. The molecule has 1 aliphatic rings. The molecule has 0 unspecified atom stereocenters. The lowest BCUT2D eigenvalue weighted by molar-refractivity contribution is -0.386. The number of nitro groups is 1. The monoisotopic (exact) mass is 372 g/mol. The van der Waals surface area contributed by atoms with Gasteiger partial charge in [0, 0.05) is 16.1 Å². The molecule has 0 aromatic heterocycles. The molecule has 1 fully saturated rings. The molecule has 9 heteroatoms. The highest BCUT2D eigenvalue weighted by Gasteiger charge is 2.54. The quantitative estimate of drug-likeness (QED) is 0.479. The average Bonchev–Trinajstić information content (AvgIpc) is 2.59. The summed E-state index contributed by atoms with van der Waals surface area (Å²) in [5, 5.41) is 21.1. The van der Waals surface area contributed by atoms with Crippen molar-refractivity contribution in [2.75, 3.05) is 0 Å². The molecule has 1 aromatic rings. The van der Waals surface area contributed by atoms with Crippen LogP contribution < -0.4 is 5.73 Å². The van der Waals surface area contributed by atoms with Gasteiger partial charge in [0.15, 0.2) is 5.75 Å². The Labute approximate surface area is 137 Å². The lowest BCUT2D eigenvalue weighted by Gasteiger charge is -2.32. The van der Waals surface area contributed by atoms with Crippen molar-refractivity contribution < 1.29 is 19.3 Å². The minimum absolute atomic E-state index is 0.194. The molecule has 0 amide bonds. The van der Waals surface area contributed by atoms with Crippen molar-refractivity contribution in [2.45, 2.75) is 44.8 Å². The number of nitro benzene ring substituents is 1. The SMILES string of the molecule is CC1(C)OB([C@@H](N)c2cc(Br)cc([N+](=O)[O-])c2O)OC1(C)C. The summed E-state index contributed by atoms with van der Waals surface area (Å²) < 4.78 is 12.1. The Morgan fingerprint density at radius 1 is 1.32 bits per heavy atom. The topological polar surface area (TPSA) is 108 Å². The summed E-state index contributed by atoms with van der Waals surface area (Å²) in [6.07, 6.45) is 0. The van der Waals surface area contributed by atoms with E-state index in [1.165, 1.54) is 12.1 Å². The van der Waals surface area contributed by atoms with Crippen molar-refractivity contribution >= 4 is 28.7 Å². The summed E-state index contributed by atoms with van der Waals surface area (Å²) in [7, 11) is -0.815. The van der Waals surface area contributed by atoms with Gasteiger partial charge in [-0.1, -0.05) is 15.9 Å². The van der Waals surface area contributed by atoms with E-state index in [2.05, 4.69) is 15.9 Å². The number of hydrogen-bond donors (Lipinski definition) is 2. The fourth-order valence-corrected chi connectivity index (χ4v) is 2.64. The lowest BCUT2D eigenvalue weighted by atomic mass is 9.74. The van der Waals surface area contributed by atoms with E-state index in [1.807, 2.05) is 27.7 Å². The molecule has 0 aliphatic carbocycles. The Bertz CT molecular complexity index is 607. The van der Waals surface area contributed by atoms with Crippen LogP contribution in [-0.2, 0) is 9.31 Å². The molecular weight excluding hydrogens is 355 g/mol. The molecule has 1 aliphatic heterocycles. The van der Waals surface area contributed by atoms with Gasteiger partial charge in [-0.25, -0.2) is 0 Å². The van der Waals surface area contributed by atoms with Crippen molar-refractivity contribution in [3.05, 3.63) is 32.3 Å². The van der Waals surface area contributed by atoms with Crippen LogP contribution >= 0.6 is 15.9 Å². The van der Waals surface area contributed by atoms with E-state index >= 15 is 0 Å². The highest BCUT2D eigenvalue weighted by Crippen LogP contribution is 2.43. The van der Waals surface area contributed by atoms with Gasteiger partial charge in [-0.2, -0.15) is 0 Å². The second-order valence-corrected chi connectivity index (χ2v) is 7.19. The number of aromatic hydroxyl groups is 1. The third-order valence-corrected chi connectivity index (χ3v) is 4.66. The first kappa shape index (κ1) is 17.2. The number of hydrogen-bond acceptors (Lipinski definition) is 6. The number of halogens is 1. The average molecular weight is 373 g/mol. The summed E-state index contributed by atoms with van der Waals surface area (Å²) in [5.41, 5.74) is 4.74. The fourth-order valence-electron chi connectivity index (χ4n) is 2.18. The number of phenolic OH excluding ortho intramolecular Hbond substituents is 1. The molecule has 1 heterocycles. The van der Waals surface area contributed by atoms with E-state index in [4.69, 9.17) is 15.0 Å². The highest BCUT2D eigenvalue weighted by molar-refractivity contribution is 9.10. The van der Waals surface area contributed by atoms with Crippen molar-refractivity contribution in [1.82, 2.24) is 0 Å². The van der Waals surface area contributed by atoms with E-state index in [0.29, 0.717) is 4.47 Å². The zero-order valence-corrected chi connectivity index (χ0v) is 14.4. The van der Waals surface area contributed by atoms with Gasteiger partial charge >= 0.3 is 12.8 Å². The number of nitrogens with zero attached hydrogens (tertiary/aromatic N) is 1. The molecule has 22 heavy (non-hydrogen) atoms. The zero-order valence-electron chi connectivity index (χ0n) is 12.8. The van der Waals surface area contributed by atoms with E-state index in [-0.39, 0.29) is 5.56 Å². The standard InChI is InChI=1S/C13H18BBrN2O5/c1-12(2)13(3,4)22-14(21-12)11(16)8-5-7(15)6-9(10(8)18)17(19)20/h5-6,11,18H,16H2,1-4H3/t11-/m0/s1. The van der Waals surface area contributed by atoms with Gasteiger partial charge < -0.3 is 20.1 Å². The van der Waals surface area contributed by atoms with Crippen molar-refractivity contribution in [3.8, 4) is 5.75 Å². The van der Waals surface area contributed by atoms with Crippen molar-refractivity contribution in [1.29, 1.82) is 0 Å². The van der Waals surface area contributed by atoms with E-state index in [1.54, 1.807) is 0 Å². The maximum atomic E-state index is 11.0. The van der Waals surface area contributed by atoms with Crippen LogP contribution in [0.4, 0.5) is 5.69 Å². The zero-order chi connectivity index (χ0) is 16.9. The Morgan fingerprint density at radius 2 is 1.82 bits per heavy atom. The molecule has 7 nitrogen and oxygen atoms in total. The fraction of sp³-hybridized carbons (Fsp3) is 0.538. The molecular formula is C13H18BBrN2O5. The predicted molar refractivity (Wildman–Crippen MR) is 85.5 cm³/mol. The smallest absolute Gasteiger partial charge is 0.480 e. The van der Waals surface area contributed by atoms with Crippen LogP contribution in [0, 0.1) is 10.1 Å². The van der Waals surface area contributed by atoms with Crippen LogP contribution in [0.1, 0.15) is 39.2 Å². The third-order valence-electron chi connectivity index (χ3n) is 4.20. The van der Waals surface area contributed by atoms with Gasteiger partial charge in [0.25, 0.3) is 0 Å². The van der Waals surface area contributed by atoms with Crippen molar-refractivity contribution in [2.24, 2.45) is 5.73 Å². The van der Waals surface area contributed by atoms with Crippen LogP contribution in [-0.4, -0.2) is 28.4 Å². The Morgan fingerprint density at radius 3 is 2.27 bits per heavy atom. The maximum absolute atomic E-state index is 11.0. The summed E-state index contributed by atoms with van der Waals surface area (Å²) in [5.74, 6) is -1.34. The first-order chi connectivity index (χ1) is 9.96. The van der Waals surface area contributed by atoms with Gasteiger partial charge in [0.2, 0.25) is 0 Å². The minimum Gasteiger partial charge on any atom is -0.502 e. The molecule has 0 radical (unpaired) electrons. The molecule has 0 spiro atoms. The molecule has 3 N–H and O–H groups in total. The molecule has 0 saturated carbocycles. The van der Waals surface area contributed by atoms with E-state index < -0.39 is 40.6 Å². The largest absolute Gasteiger partial charge is 0.502 e. The number of nitrogens with two attached hydrogens (primary N) is 1. The Kier molecular flexibility index (Phi) is 4.29. The highest BCUT2D eigenvalue weighted by atomic mass is 79.9. The first-order valence-corrected chi connectivity index (χ1v) is 7.53. The van der Waals surface area contributed by atoms with Crippen LogP contribution in [0.3, 0.4) is 0 Å². The van der Waals surface area contributed by atoms with Crippen LogP contribution in [0.15, 0.2) is 16.6 Å². The third kappa shape index (κ3) is 2.86. The van der Waals surface area contributed by atoms with Crippen LogP contribution in [0.25, 0.3) is 0 Å². The van der Waals surface area contributed by atoms with E-state index in [9.17, 15) is 15.2 Å². The molecule has 0 bridgehead atoms. The normalized spacial score (nSPS) is 20.9. The van der Waals surface area contributed by atoms with Crippen LogP contribution in [0.2, 0.25) is 0 Å². The molecule has 120 valence electrons. The minimum atomic E-state index is -0.864. The lowest BCUT2D eigenvalue weighted by Crippen LogP contribution is -2.41. The first-order valence-electron chi connectivity index (χ1n) is 6.74. The van der Waals surface area contributed by atoms with Crippen molar-refractivity contribution in [3.63, 3.8) is 0 Å². The second-order valence-electron chi connectivity index (χ2n) is 6.27. The van der Waals surface area contributed by atoms with Gasteiger partial charge in [-0.15, -0.1) is 0 Å². The Hall–Kier alpha value is -1.16. The summed E-state index contributed by atoms with van der Waals surface area (Å²) in [6.45, 7) is 7.51. The number of rotatable bonds is 3. The molecule has 1 atom stereocenters. The van der Waals surface area contributed by atoms with Gasteiger partial charge in [-0.05, 0) is 33.8 Å². The maximum Gasteiger partial charge on any atom is 0.480 e. The Balaban J connectivity index is 2.39.